The van der Waals surface area contributed by atoms with E-state index in [1.54, 1.807) is 4.90 Å². The molecule has 0 aliphatic carbocycles. The molecule has 3 N–H and O–H groups in total. The zero-order valence-electron chi connectivity index (χ0n) is 26.8. The Hall–Kier alpha value is -2.52. The van der Waals surface area contributed by atoms with E-state index in [1.807, 2.05) is 14.7 Å². The molecule has 0 saturated carbocycles. The number of carbonyl (C=O) groups is 6. The van der Waals surface area contributed by atoms with Gasteiger partial charge in [0.05, 0.1) is 31.9 Å². The molecule has 17 nitrogen and oxygen atoms in total. The number of rotatable bonds is 17. The minimum absolute atomic E-state index is 0.0263. The van der Waals surface area contributed by atoms with Gasteiger partial charge in [-0.1, -0.05) is 0 Å². The van der Waals surface area contributed by atoms with Gasteiger partial charge in [0.2, 0.25) is 5.91 Å². The van der Waals surface area contributed by atoms with Gasteiger partial charge in [-0.05, 0) is 27.7 Å². The van der Waals surface area contributed by atoms with Gasteiger partial charge in [0.25, 0.3) is 20.2 Å². The molecule has 0 radical (unpaired) electrons. The first kappa shape index (κ1) is 41.5. The van der Waals surface area contributed by atoms with Crippen molar-refractivity contribution in [1.82, 2.24) is 24.9 Å². The van der Waals surface area contributed by atoms with Crippen LogP contribution in [0.4, 0.5) is 0 Å². The quantitative estimate of drug-likeness (QED) is 0.132. The molecule has 1 aliphatic rings. The molecule has 1 unspecified atom stereocenters. The van der Waals surface area contributed by atoms with Crippen LogP contribution in [0, 0.1) is 5.92 Å². The molecular weight excluding hydrogens is 650 g/mol. The summed E-state index contributed by atoms with van der Waals surface area (Å²) in [4.78, 5) is 81.1. The lowest BCUT2D eigenvalue weighted by Crippen LogP contribution is -2.52. The van der Waals surface area contributed by atoms with E-state index >= 15 is 0 Å². The topological polar surface area (TPSA) is 236 Å². The average molecular weight is 698 g/mol. The maximum Gasteiger partial charge on any atom is 0.267 e. The first-order valence-electron chi connectivity index (χ1n) is 14.7. The summed E-state index contributed by atoms with van der Waals surface area (Å²) in [6.45, 7) is 8.42. The Morgan fingerprint density at radius 1 is 0.587 bits per heavy atom. The summed E-state index contributed by atoms with van der Waals surface area (Å²) < 4.78 is 64.5. The maximum absolute atomic E-state index is 13.1. The fourth-order valence-electron chi connectivity index (χ4n) is 4.98. The van der Waals surface area contributed by atoms with Crippen LogP contribution in [0.3, 0.4) is 0 Å². The molecule has 0 spiro atoms. The van der Waals surface area contributed by atoms with Crippen LogP contribution in [0.5, 0.6) is 0 Å². The Morgan fingerprint density at radius 2 is 0.913 bits per heavy atom. The van der Waals surface area contributed by atoms with Gasteiger partial charge in [-0.25, -0.2) is 0 Å². The molecule has 0 aromatic rings. The van der Waals surface area contributed by atoms with Crippen LogP contribution in [0.2, 0.25) is 0 Å². The zero-order chi connectivity index (χ0) is 35.2. The van der Waals surface area contributed by atoms with Crippen molar-refractivity contribution in [2.75, 3.05) is 90.0 Å². The Morgan fingerprint density at radius 3 is 1.20 bits per heavy atom. The highest BCUT2D eigenvalue weighted by Gasteiger charge is 2.32. The largest absolute Gasteiger partial charge is 0.344 e. The molecule has 0 aromatic carbocycles. The smallest absolute Gasteiger partial charge is 0.267 e. The van der Waals surface area contributed by atoms with Crippen molar-refractivity contribution in [2.45, 2.75) is 40.2 Å². The van der Waals surface area contributed by atoms with E-state index in [2.05, 4.69) is 5.32 Å². The summed E-state index contributed by atoms with van der Waals surface area (Å²) in [6, 6.07) is -1.83. The summed E-state index contributed by atoms with van der Waals surface area (Å²) in [5.74, 6) is -6.66. The van der Waals surface area contributed by atoms with Gasteiger partial charge in [-0.15, -0.1) is 0 Å². The Labute approximate surface area is 270 Å². The van der Waals surface area contributed by atoms with E-state index in [9.17, 15) is 50.2 Å². The number of ketones is 5. The molecule has 2 atom stereocenters. The van der Waals surface area contributed by atoms with E-state index in [1.165, 1.54) is 20.8 Å². The number of nitrogens with one attached hydrogen (secondary N) is 1. The molecule has 46 heavy (non-hydrogen) atoms. The van der Waals surface area contributed by atoms with Gasteiger partial charge in [-0.2, -0.15) is 16.8 Å². The van der Waals surface area contributed by atoms with E-state index < -0.39 is 67.6 Å². The molecule has 0 aromatic heterocycles. The van der Waals surface area contributed by atoms with Gasteiger partial charge in [-0.3, -0.25) is 57.5 Å². The number of hydrogen-bond acceptors (Lipinski definition) is 14. The fourth-order valence-corrected chi connectivity index (χ4v) is 6.54. The summed E-state index contributed by atoms with van der Waals surface area (Å²) in [6.07, 6.45) is -0.819. The van der Waals surface area contributed by atoms with Crippen molar-refractivity contribution in [1.29, 1.82) is 0 Å². The molecule has 1 aliphatic heterocycles. The number of hydrogen-bond donors (Lipinski definition) is 3. The predicted octanol–water partition coefficient (Wildman–Crippen LogP) is -2.60. The molecular formula is C27H47N5O12S2. The van der Waals surface area contributed by atoms with Crippen molar-refractivity contribution in [2.24, 2.45) is 5.92 Å². The second-order valence-electron chi connectivity index (χ2n) is 11.8. The normalized spacial score (nSPS) is 18.5. The number of Topliss-reactive ketones (excluding diaryl/α,β-unsaturated/α-hetero) is 5. The zero-order valence-corrected chi connectivity index (χ0v) is 28.5. The lowest BCUT2D eigenvalue weighted by Gasteiger charge is -2.33. The van der Waals surface area contributed by atoms with E-state index in [-0.39, 0.29) is 56.6 Å². The van der Waals surface area contributed by atoms with Crippen molar-refractivity contribution in [3.05, 3.63) is 0 Å². The highest BCUT2D eigenvalue weighted by molar-refractivity contribution is 7.86. The second-order valence-corrected chi connectivity index (χ2v) is 14.8. The SMILES string of the molecule is CC(=O)CN1CCN(CC(C)=O)CCN(CC(=O)NC(CS(=O)(=O)O)C(=O)C[C@@H](CS(=O)(=O)O)C(C)=O)CCN(CC(C)=O)CC1. The molecule has 1 rings (SSSR count). The average Bonchev–Trinajstić information content (AvgIpc) is 2.86. The Balaban J connectivity index is 3.19. The summed E-state index contributed by atoms with van der Waals surface area (Å²) in [7, 11) is -9.49. The van der Waals surface area contributed by atoms with Crippen molar-refractivity contribution >= 4 is 55.1 Å². The lowest BCUT2D eigenvalue weighted by molar-refractivity contribution is -0.130. The van der Waals surface area contributed by atoms with E-state index in [0.717, 1.165) is 6.92 Å². The number of amides is 1. The third-order valence-corrected chi connectivity index (χ3v) is 8.75. The third-order valence-electron chi connectivity index (χ3n) is 7.17. The Bertz CT molecular complexity index is 1290. The van der Waals surface area contributed by atoms with Crippen LogP contribution in [-0.4, -0.2) is 176 Å². The predicted molar refractivity (Wildman–Crippen MR) is 166 cm³/mol. The van der Waals surface area contributed by atoms with E-state index in [4.69, 9.17) is 4.55 Å². The standard InChI is InChI=1S/C27H47N5O12S2/c1-20(33)14-29-5-7-30(15-21(2)34)9-11-32(12-10-31(8-6-29)16-22(3)35)17-27(38)28-25(19-46(42,43)44)26(37)13-24(23(4)36)18-45(39,40)41/h24-25H,5-19H2,1-4H3,(H,28,38)(H,39,40,41)(H,42,43,44)/t24-,25?/m0/s1. The van der Waals surface area contributed by atoms with Crippen LogP contribution >= 0.6 is 0 Å². The van der Waals surface area contributed by atoms with Gasteiger partial charge in [0.15, 0.2) is 5.78 Å². The van der Waals surface area contributed by atoms with Crippen LogP contribution in [0.25, 0.3) is 0 Å². The van der Waals surface area contributed by atoms with Gasteiger partial charge in [0.1, 0.15) is 34.9 Å². The monoisotopic (exact) mass is 697 g/mol. The minimum atomic E-state index is -4.82. The third kappa shape index (κ3) is 19.2. The lowest BCUT2D eigenvalue weighted by atomic mass is 9.97. The molecule has 19 heteroatoms. The molecule has 1 fully saturated rings. The minimum Gasteiger partial charge on any atom is -0.344 e. The highest BCUT2D eigenvalue weighted by Crippen LogP contribution is 2.12. The first-order chi connectivity index (χ1) is 21.1. The van der Waals surface area contributed by atoms with Crippen LogP contribution in [0.15, 0.2) is 0 Å². The molecule has 1 saturated heterocycles. The van der Waals surface area contributed by atoms with Crippen LogP contribution in [-0.2, 0) is 49.0 Å². The summed E-state index contributed by atoms with van der Waals surface area (Å²) in [5.41, 5.74) is 0. The van der Waals surface area contributed by atoms with Gasteiger partial charge >= 0.3 is 0 Å². The van der Waals surface area contributed by atoms with Crippen LogP contribution < -0.4 is 5.32 Å². The maximum atomic E-state index is 13.1. The Kier molecular flexibility index (Phi) is 17.4. The van der Waals surface area contributed by atoms with Gasteiger partial charge < -0.3 is 5.32 Å². The van der Waals surface area contributed by atoms with Crippen molar-refractivity contribution in [3.8, 4) is 0 Å². The highest BCUT2D eigenvalue weighted by atomic mass is 32.2. The molecule has 1 heterocycles. The van der Waals surface area contributed by atoms with Crippen LogP contribution in [0.1, 0.15) is 34.1 Å². The second kappa shape index (κ2) is 19.3. The van der Waals surface area contributed by atoms with Crippen molar-refractivity contribution < 1.29 is 54.7 Å². The van der Waals surface area contributed by atoms with Gasteiger partial charge in [0, 0.05) is 64.7 Å². The summed E-state index contributed by atoms with van der Waals surface area (Å²) >= 11 is 0. The molecule has 0 bridgehead atoms. The number of carbonyl (C=O) groups excluding carboxylic acids is 6. The van der Waals surface area contributed by atoms with Crippen molar-refractivity contribution in [3.63, 3.8) is 0 Å². The van der Waals surface area contributed by atoms with E-state index in [0.29, 0.717) is 39.3 Å². The first-order valence-corrected chi connectivity index (χ1v) is 18.0. The molecule has 264 valence electrons. The summed E-state index contributed by atoms with van der Waals surface area (Å²) in [5, 5.41) is 2.26. The number of nitrogens with zero attached hydrogens (tertiary/aromatic N) is 4. The molecule has 1 amide bonds. The fraction of sp³-hybridized carbons (Fsp3) is 0.778.